The molecule has 0 saturated carbocycles. The number of rotatable bonds is 24. The summed E-state index contributed by atoms with van der Waals surface area (Å²) in [6.07, 6.45) is 13.2. The topological polar surface area (TPSA) is 124 Å². The van der Waals surface area contributed by atoms with Crippen molar-refractivity contribution in [3.63, 3.8) is 0 Å². The summed E-state index contributed by atoms with van der Waals surface area (Å²) < 4.78 is 11.4. The number of carbonyl (C=O) groups is 2. The minimum absolute atomic E-state index is 0.00126. The molecule has 0 fully saturated rings. The second-order valence-electron chi connectivity index (χ2n) is 13.5. The number of hydrogen-bond donors (Lipinski definition) is 0. The van der Waals surface area contributed by atoms with Crippen LogP contribution in [0.25, 0.3) is 0 Å². The van der Waals surface area contributed by atoms with E-state index in [1.54, 1.807) is 12.1 Å². The van der Waals surface area contributed by atoms with Crippen molar-refractivity contribution in [3.8, 4) is 0 Å². The first-order valence-electron chi connectivity index (χ1n) is 17.8. The number of benzene rings is 2. The molecule has 2 aromatic carbocycles. The Labute approximate surface area is 287 Å². The smallest absolute Gasteiger partial charge is 0.311 e. The van der Waals surface area contributed by atoms with Crippen LogP contribution in [0.3, 0.4) is 0 Å². The number of esters is 2. The van der Waals surface area contributed by atoms with E-state index >= 15 is 0 Å². The van der Waals surface area contributed by atoms with E-state index in [1.807, 2.05) is 58.9 Å². The van der Waals surface area contributed by atoms with Crippen LogP contribution in [0.2, 0.25) is 0 Å². The van der Waals surface area contributed by atoms with Gasteiger partial charge in [0.05, 0.1) is 40.3 Å². The monoisotopic (exact) mass is 666 g/mol. The Bertz CT molecular complexity index is 1280. The first kappa shape index (κ1) is 40.4. The first-order chi connectivity index (χ1) is 23.0. The standard InChI is InChI=1S/C38H58N4O6/c1-7-10-11-12-13-14-15-16-17-18-28-47-36(44)38(6,8-2)30-37(4,5)35(43)48-29-27-41(9-3)33-23-19-31(20-24-33)39-40-32-21-25-34(26-22-32)42(45)46/h19-26H,7-18,27-30H2,1-6H3. The predicted molar refractivity (Wildman–Crippen MR) is 192 cm³/mol. The number of nitrogens with zero attached hydrogens (tertiary/aromatic N) is 4. The lowest BCUT2D eigenvalue weighted by Gasteiger charge is -2.34. The van der Waals surface area contributed by atoms with Crippen LogP contribution in [0.1, 0.15) is 119 Å². The Balaban J connectivity index is 1.78. The van der Waals surface area contributed by atoms with Gasteiger partial charge in [-0.05, 0) is 83.4 Å². The highest BCUT2D eigenvalue weighted by atomic mass is 16.6. The van der Waals surface area contributed by atoms with Crippen molar-refractivity contribution in [1.82, 2.24) is 0 Å². The fourth-order valence-electron chi connectivity index (χ4n) is 5.72. The van der Waals surface area contributed by atoms with Crippen LogP contribution in [-0.4, -0.2) is 43.2 Å². The maximum Gasteiger partial charge on any atom is 0.311 e. The minimum atomic E-state index is -0.853. The molecule has 2 aromatic rings. The summed E-state index contributed by atoms with van der Waals surface area (Å²) in [7, 11) is 0. The third-order valence-electron chi connectivity index (χ3n) is 8.92. The molecular formula is C38H58N4O6. The molecule has 0 heterocycles. The molecule has 266 valence electrons. The van der Waals surface area contributed by atoms with Crippen LogP contribution < -0.4 is 4.90 Å². The number of azo groups is 1. The summed E-state index contributed by atoms with van der Waals surface area (Å²) >= 11 is 0. The van der Waals surface area contributed by atoms with Gasteiger partial charge in [0.15, 0.2) is 0 Å². The lowest BCUT2D eigenvalue weighted by Crippen LogP contribution is -2.39. The van der Waals surface area contributed by atoms with Crippen molar-refractivity contribution in [3.05, 3.63) is 58.6 Å². The van der Waals surface area contributed by atoms with Gasteiger partial charge in [-0.3, -0.25) is 19.7 Å². The summed E-state index contributed by atoms with van der Waals surface area (Å²) in [5, 5.41) is 19.2. The molecule has 0 saturated heterocycles. The second-order valence-corrected chi connectivity index (χ2v) is 13.5. The van der Waals surface area contributed by atoms with Gasteiger partial charge in [0, 0.05) is 24.4 Å². The Morgan fingerprint density at radius 1 is 0.729 bits per heavy atom. The normalized spacial score (nSPS) is 12.9. The first-order valence-corrected chi connectivity index (χ1v) is 17.8. The van der Waals surface area contributed by atoms with Crippen LogP contribution in [0, 0.1) is 20.9 Å². The van der Waals surface area contributed by atoms with E-state index in [0.29, 0.717) is 43.9 Å². The molecule has 10 nitrogen and oxygen atoms in total. The molecule has 0 aliphatic carbocycles. The third-order valence-corrected chi connectivity index (χ3v) is 8.92. The molecule has 0 N–H and O–H groups in total. The molecule has 0 aromatic heterocycles. The third kappa shape index (κ3) is 14.1. The van der Waals surface area contributed by atoms with Gasteiger partial charge in [0.1, 0.15) is 6.61 Å². The Hall–Kier alpha value is -3.82. The highest BCUT2D eigenvalue weighted by Crippen LogP contribution is 2.38. The van der Waals surface area contributed by atoms with Crippen LogP contribution in [-0.2, 0) is 19.1 Å². The molecule has 48 heavy (non-hydrogen) atoms. The average molecular weight is 667 g/mol. The summed E-state index contributed by atoms with van der Waals surface area (Å²) in [6.45, 7) is 13.6. The van der Waals surface area contributed by atoms with Crippen molar-refractivity contribution in [2.45, 2.75) is 119 Å². The largest absolute Gasteiger partial charge is 0.465 e. The maximum absolute atomic E-state index is 13.2. The van der Waals surface area contributed by atoms with E-state index in [2.05, 4.69) is 22.1 Å². The van der Waals surface area contributed by atoms with Gasteiger partial charge >= 0.3 is 11.9 Å². The van der Waals surface area contributed by atoms with Crippen molar-refractivity contribution >= 4 is 34.7 Å². The molecule has 1 atom stereocenters. The van der Waals surface area contributed by atoms with Gasteiger partial charge in [0.25, 0.3) is 5.69 Å². The number of ether oxygens (including phenoxy) is 2. The molecule has 1 unspecified atom stereocenters. The molecule has 0 spiro atoms. The number of nitro benzene ring substituents is 1. The van der Waals surface area contributed by atoms with Crippen molar-refractivity contribution < 1.29 is 24.0 Å². The number of non-ortho nitro benzene ring substituents is 1. The van der Waals surface area contributed by atoms with Crippen LogP contribution in [0.5, 0.6) is 0 Å². The van der Waals surface area contributed by atoms with Gasteiger partial charge < -0.3 is 14.4 Å². The lowest BCUT2D eigenvalue weighted by molar-refractivity contribution is -0.384. The van der Waals surface area contributed by atoms with E-state index in [-0.39, 0.29) is 24.2 Å². The highest BCUT2D eigenvalue weighted by molar-refractivity contribution is 5.80. The Morgan fingerprint density at radius 3 is 1.73 bits per heavy atom. The summed E-state index contributed by atoms with van der Waals surface area (Å²) in [5.74, 6) is -0.572. The molecule has 0 aliphatic rings. The molecule has 0 bridgehead atoms. The summed E-state index contributed by atoms with van der Waals surface area (Å²) in [4.78, 5) is 38.8. The van der Waals surface area contributed by atoms with Gasteiger partial charge in [-0.15, -0.1) is 0 Å². The fourth-order valence-corrected chi connectivity index (χ4v) is 5.72. The molecule has 0 amide bonds. The van der Waals surface area contributed by atoms with E-state index in [4.69, 9.17) is 9.47 Å². The van der Waals surface area contributed by atoms with Crippen LogP contribution in [0.4, 0.5) is 22.7 Å². The van der Waals surface area contributed by atoms with E-state index < -0.39 is 15.8 Å². The molecular weight excluding hydrogens is 608 g/mol. The molecule has 10 heteroatoms. The van der Waals surface area contributed by atoms with Gasteiger partial charge in [0.2, 0.25) is 0 Å². The van der Waals surface area contributed by atoms with Crippen molar-refractivity contribution in [2.75, 3.05) is 31.2 Å². The number of anilines is 1. The number of nitro groups is 1. The number of hydrogen-bond acceptors (Lipinski definition) is 9. The number of carbonyl (C=O) groups excluding carboxylic acids is 2. The number of likely N-dealkylation sites (N-methyl/N-ethyl adjacent to an activating group) is 1. The van der Waals surface area contributed by atoms with E-state index in [9.17, 15) is 19.7 Å². The zero-order chi connectivity index (χ0) is 35.4. The zero-order valence-corrected chi connectivity index (χ0v) is 30.2. The maximum atomic E-state index is 13.2. The zero-order valence-electron chi connectivity index (χ0n) is 30.2. The average Bonchev–Trinajstić information content (AvgIpc) is 3.08. The minimum Gasteiger partial charge on any atom is -0.465 e. The van der Waals surface area contributed by atoms with Crippen molar-refractivity contribution in [2.24, 2.45) is 21.1 Å². The van der Waals surface area contributed by atoms with Gasteiger partial charge in [-0.2, -0.15) is 10.2 Å². The predicted octanol–water partition coefficient (Wildman–Crippen LogP) is 10.7. The molecule has 0 aliphatic heterocycles. The Kier molecular flexibility index (Phi) is 17.8. The molecule has 0 radical (unpaired) electrons. The Morgan fingerprint density at radius 2 is 1.23 bits per heavy atom. The van der Waals surface area contributed by atoms with Crippen LogP contribution in [0.15, 0.2) is 58.8 Å². The second kappa shape index (κ2) is 21.2. The summed E-state index contributed by atoms with van der Waals surface area (Å²) in [5.41, 5.74) is 0.488. The van der Waals surface area contributed by atoms with Crippen LogP contribution >= 0.6 is 0 Å². The van der Waals surface area contributed by atoms with Crippen molar-refractivity contribution in [1.29, 1.82) is 0 Å². The van der Waals surface area contributed by atoms with E-state index in [1.165, 1.54) is 63.5 Å². The van der Waals surface area contributed by atoms with Gasteiger partial charge in [-0.25, -0.2) is 0 Å². The highest BCUT2D eigenvalue weighted by Gasteiger charge is 2.42. The lowest BCUT2D eigenvalue weighted by atomic mass is 9.72. The SMILES string of the molecule is CCCCCCCCCCCCOC(=O)C(C)(CC)CC(C)(C)C(=O)OCCN(CC)c1ccc(N=Nc2ccc([N+](=O)[O-])cc2)cc1. The number of unbranched alkanes of at least 4 members (excludes halogenated alkanes) is 9. The quantitative estimate of drug-likeness (QED) is 0.0359. The van der Waals surface area contributed by atoms with Gasteiger partial charge in [-0.1, -0.05) is 71.6 Å². The van der Waals surface area contributed by atoms with E-state index in [0.717, 1.165) is 18.5 Å². The molecule has 2 rings (SSSR count). The fraction of sp³-hybridized carbons (Fsp3) is 0.632. The summed E-state index contributed by atoms with van der Waals surface area (Å²) in [6, 6.07) is 13.4.